The third kappa shape index (κ3) is 4.72. The van der Waals surface area contributed by atoms with E-state index in [1.165, 1.54) is 0 Å². The average molecular weight is 313 g/mol. The van der Waals surface area contributed by atoms with Gasteiger partial charge in [-0.15, -0.1) is 0 Å². The average Bonchev–Trinajstić information content (AvgIpc) is 2.59. The van der Waals surface area contributed by atoms with Gasteiger partial charge in [0.25, 0.3) is 5.91 Å². The highest BCUT2D eigenvalue weighted by atomic mass is 16.5. The Morgan fingerprint density at radius 2 is 2.00 bits per heavy atom. The minimum Gasteiger partial charge on any atom is -0.495 e. The summed E-state index contributed by atoms with van der Waals surface area (Å²) in [6, 6.07) is 14.7. The summed E-state index contributed by atoms with van der Waals surface area (Å²) in [6.45, 7) is 3.88. The van der Waals surface area contributed by atoms with Crippen molar-refractivity contribution < 1.29 is 14.7 Å². The normalized spacial score (nSPS) is 11.6. The van der Waals surface area contributed by atoms with Crippen LogP contribution in [-0.2, 0) is 11.2 Å². The molecule has 0 fully saturated rings. The van der Waals surface area contributed by atoms with E-state index in [-0.39, 0.29) is 0 Å². The highest BCUT2D eigenvalue weighted by Crippen LogP contribution is 2.26. The Hall–Kier alpha value is -2.53. The van der Waals surface area contributed by atoms with Crippen LogP contribution in [0.5, 0.6) is 5.75 Å². The van der Waals surface area contributed by atoms with Crippen LogP contribution in [0.15, 0.2) is 48.5 Å². The summed E-state index contributed by atoms with van der Waals surface area (Å²) in [6.07, 6.45) is 1.24. The molecule has 1 atom stereocenters. The van der Waals surface area contributed by atoms with Crippen molar-refractivity contribution in [2.24, 2.45) is 0 Å². The quantitative estimate of drug-likeness (QED) is 0.543. The lowest BCUT2D eigenvalue weighted by Gasteiger charge is -2.20. The lowest BCUT2D eigenvalue weighted by Crippen LogP contribution is -2.38. The molecule has 0 saturated carbocycles. The number of amides is 1. The summed E-state index contributed by atoms with van der Waals surface area (Å²) in [5.41, 5.74) is 4.32. The van der Waals surface area contributed by atoms with Crippen molar-refractivity contribution in [1.82, 2.24) is 5.48 Å². The fraction of sp³-hybridized carbons (Fsp3) is 0.222. The molecule has 1 radical (unpaired) electrons. The molecule has 5 heteroatoms. The zero-order valence-electron chi connectivity index (χ0n) is 13.1. The Labute approximate surface area is 136 Å². The van der Waals surface area contributed by atoms with Crippen LogP contribution in [0, 0.1) is 6.92 Å². The highest BCUT2D eigenvalue weighted by Gasteiger charge is 2.19. The second-order valence-electron chi connectivity index (χ2n) is 5.23. The van der Waals surface area contributed by atoms with Crippen LogP contribution >= 0.6 is 0 Å². The predicted molar refractivity (Wildman–Crippen MR) is 89.6 cm³/mol. The van der Waals surface area contributed by atoms with Gasteiger partial charge in [-0.3, -0.25) is 10.0 Å². The molecule has 0 heterocycles. The van der Waals surface area contributed by atoms with Crippen LogP contribution in [0.3, 0.4) is 0 Å². The van der Waals surface area contributed by atoms with Gasteiger partial charge in [-0.25, -0.2) is 5.48 Å². The molecule has 0 aliphatic heterocycles. The number of carbonyl (C=O) groups excluding carboxylic acids is 1. The zero-order chi connectivity index (χ0) is 16.7. The summed E-state index contributed by atoms with van der Waals surface area (Å²) in [4.78, 5) is 11.9. The highest BCUT2D eigenvalue weighted by molar-refractivity contribution is 5.84. The van der Waals surface area contributed by atoms with Crippen LogP contribution < -0.4 is 15.5 Å². The molecule has 0 unspecified atom stereocenters. The Morgan fingerprint density at radius 3 is 2.65 bits per heavy atom. The first-order chi connectivity index (χ1) is 11.1. The Morgan fingerprint density at radius 1 is 1.26 bits per heavy atom. The van der Waals surface area contributed by atoms with E-state index in [4.69, 9.17) is 9.94 Å². The minimum absolute atomic E-state index is 0.488. The Kier molecular flexibility index (Phi) is 6.00. The van der Waals surface area contributed by atoms with E-state index in [0.717, 1.165) is 11.1 Å². The third-order valence-electron chi connectivity index (χ3n) is 3.58. The number of ether oxygens (including phenoxy) is 1. The molecule has 0 saturated heterocycles. The van der Waals surface area contributed by atoms with Gasteiger partial charge < -0.3 is 10.1 Å². The van der Waals surface area contributed by atoms with Crippen LogP contribution in [0.25, 0.3) is 0 Å². The van der Waals surface area contributed by atoms with E-state index < -0.39 is 11.9 Å². The number of benzene rings is 2. The van der Waals surface area contributed by atoms with E-state index in [1.54, 1.807) is 24.7 Å². The Balaban J connectivity index is 2.13. The molecule has 121 valence electrons. The number of nitrogens with one attached hydrogen (secondary N) is 2. The second kappa shape index (κ2) is 8.19. The molecule has 3 N–H and O–H groups in total. The van der Waals surface area contributed by atoms with Gasteiger partial charge in [-0.2, -0.15) is 0 Å². The molecule has 0 spiro atoms. The van der Waals surface area contributed by atoms with Gasteiger partial charge in [0, 0.05) is 0 Å². The number of hydrogen-bond donors (Lipinski definition) is 3. The fourth-order valence-corrected chi connectivity index (χ4v) is 2.36. The molecule has 2 aromatic rings. The maximum Gasteiger partial charge on any atom is 0.265 e. The number of hydrogen-bond acceptors (Lipinski definition) is 4. The van der Waals surface area contributed by atoms with E-state index in [9.17, 15) is 4.79 Å². The molecule has 2 rings (SSSR count). The number of aryl methyl sites for hydroxylation is 1. The molecular weight excluding hydrogens is 292 g/mol. The first-order valence-corrected chi connectivity index (χ1v) is 7.38. The topological polar surface area (TPSA) is 70.6 Å². The largest absolute Gasteiger partial charge is 0.495 e. The summed E-state index contributed by atoms with van der Waals surface area (Å²) >= 11 is 0. The van der Waals surface area contributed by atoms with Gasteiger partial charge in [0.1, 0.15) is 11.8 Å². The predicted octanol–water partition coefficient (Wildman–Crippen LogP) is 2.80. The van der Waals surface area contributed by atoms with Crippen LogP contribution in [0.2, 0.25) is 0 Å². The summed E-state index contributed by atoms with van der Waals surface area (Å²) in [7, 11) is 1.56. The van der Waals surface area contributed by atoms with Crippen molar-refractivity contribution in [3.05, 3.63) is 66.6 Å². The fourth-order valence-electron chi connectivity index (χ4n) is 2.36. The SMILES string of the molecule is [CH2]c1ccc(OC)c(N[C@@H](CCc2ccccc2)C(=O)NO)c1. The van der Waals surface area contributed by atoms with E-state index in [1.807, 2.05) is 36.4 Å². The van der Waals surface area contributed by atoms with Crippen LogP contribution in [0.4, 0.5) is 5.69 Å². The van der Waals surface area contributed by atoms with Crippen molar-refractivity contribution in [2.45, 2.75) is 18.9 Å². The van der Waals surface area contributed by atoms with Crippen molar-refractivity contribution in [2.75, 3.05) is 12.4 Å². The van der Waals surface area contributed by atoms with E-state index in [2.05, 4.69) is 12.2 Å². The molecule has 2 aromatic carbocycles. The van der Waals surface area contributed by atoms with E-state index >= 15 is 0 Å². The van der Waals surface area contributed by atoms with Gasteiger partial charge in [-0.05, 0) is 43.0 Å². The molecule has 0 aliphatic rings. The number of methoxy groups -OCH3 is 1. The van der Waals surface area contributed by atoms with Crippen molar-refractivity contribution in [3.8, 4) is 5.75 Å². The van der Waals surface area contributed by atoms with Crippen LogP contribution in [-0.4, -0.2) is 24.3 Å². The smallest absolute Gasteiger partial charge is 0.265 e. The van der Waals surface area contributed by atoms with Gasteiger partial charge in [0.2, 0.25) is 0 Å². The van der Waals surface area contributed by atoms with Crippen molar-refractivity contribution in [3.63, 3.8) is 0 Å². The summed E-state index contributed by atoms with van der Waals surface area (Å²) < 4.78 is 5.29. The lowest BCUT2D eigenvalue weighted by atomic mass is 10.0. The summed E-state index contributed by atoms with van der Waals surface area (Å²) in [5.74, 6) is 0.130. The third-order valence-corrected chi connectivity index (χ3v) is 3.58. The van der Waals surface area contributed by atoms with E-state index in [0.29, 0.717) is 24.3 Å². The maximum absolute atomic E-state index is 11.9. The van der Waals surface area contributed by atoms with Gasteiger partial charge in [0.05, 0.1) is 12.8 Å². The first kappa shape index (κ1) is 16.8. The number of rotatable bonds is 7. The van der Waals surface area contributed by atoms with Crippen molar-refractivity contribution in [1.29, 1.82) is 0 Å². The van der Waals surface area contributed by atoms with Gasteiger partial charge in [0.15, 0.2) is 0 Å². The molecular formula is C18H21N2O3. The molecule has 5 nitrogen and oxygen atoms in total. The number of hydroxylamine groups is 1. The van der Waals surface area contributed by atoms with Gasteiger partial charge in [-0.1, -0.05) is 36.4 Å². The number of carbonyl (C=O) groups is 1. The molecule has 0 aromatic heterocycles. The van der Waals surface area contributed by atoms with Crippen LogP contribution in [0.1, 0.15) is 17.5 Å². The van der Waals surface area contributed by atoms with Gasteiger partial charge >= 0.3 is 0 Å². The zero-order valence-corrected chi connectivity index (χ0v) is 13.1. The number of anilines is 1. The first-order valence-electron chi connectivity index (χ1n) is 7.38. The molecule has 0 aliphatic carbocycles. The monoisotopic (exact) mass is 313 g/mol. The summed E-state index contributed by atoms with van der Waals surface area (Å²) in [5, 5.41) is 12.1. The Bertz CT molecular complexity index is 644. The molecule has 23 heavy (non-hydrogen) atoms. The second-order valence-corrected chi connectivity index (χ2v) is 5.23. The molecule has 0 bridgehead atoms. The lowest BCUT2D eigenvalue weighted by molar-refractivity contribution is -0.130. The maximum atomic E-state index is 11.9. The standard InChI is InChI=1S/C18H21N2O3/c1-13-8-11-17(23-2)16(12-13)19-15(18(21)20-22)10-9-14-6-4-3-5-7-14/h3-8,11-12,15,19,22H,1,9-10H2,2H3,(H,20,21)/t15-/m0/s1. The minimum atomic E-state index is -0.587. The molecule has 1 amide bonds. The van der Waals surface area contributed by atoms with Crippen molar-refractivity contribution >= 4 is 11.6 Å².